The highest BCUT2D eigenvalue weighted by Crippen LogP contribution is 2.29. The van der Waals surface area contributed by atoms with Gasteiger partial charge in [-0.05, 0) is 53.8 Å². The van der Waals surface area contributed by atoms with Crippen molar-refractivity contribution in [2.75, 3.05) is 12.0 Å². The maximum atomic E-state index is 13.7. The molecule has 0 fully saturated rings. The first-order valence-corrected chi connectivity index (χ1v) is 12.1. The molecule has 1 atom stereocenters. The highest BCUT2D eigenvalue weighted by Gasteiger charge is 2.33. The quantitative estimate of drug-likeness (QED) is 0.358. The third-order valence-electron chi connectivity index (χ3n) is 5.62. The molecule has 0 aliphatic carbocycles. The van der Waals surface area contributed by atoms with Crippen molar-refractivity contribution in [3.8, 4) is 5.75 Å². The summed E-state index contributed by atoms with van der Waals surface area (Å²) >= 11 is 1.52. The first kappa shape index (κ1) is 24.2. The smallest absolute Gasteiger partial charge is 0.248 e. The van der Waals surface area contributed by atoms with Crippen molar-refractivity contribution in [1.29, 1.82) is 0 Å². The van der Waals surface area contributed by atoms with Gasteiger partial charge in [-0.25, -0.2) is 0 Å². The fraction of sp³-hybridized carbons (Fsp3) is 0.179. The number of anilines is 1. The lowest BCUT2D eigenvalue weighted by molar-refractivity contribution is -0.126. The Morgan fingerprint density at radius 2 is 1.80 bits per heavy atom. The SMILES string of the molecule is COc1ccc(CNC(=O)[C@@H](c2ccc(C)cc2)N(C(=O)Cc2cccs2)c2cccnc2)cc1. The Morgan fingerprint density at radius 1 is 1.03 bits per heavy atom. The molecule has 0 saturated heterocycles. The number of carbonyl (C=O) groups is 2. The number of aromatic nitrogens is 1. The highest BCUT2D eigenvalue weighted by molar-refractivity contribution is 7.10. The van der Waals surface area contributed by atoms with Crippen LogP contribution >= 0.6 is 11.3 Å². The van der Waals surface area contributed by atoms with E-state index >= 15 is 0 Å². The maximum absolute atomic E-state index is 13.7. The van der Waals surface area contributed by atoms with Crippen LogP contribution in [-0.2, 0) is 22.6 Å². The van der Waals surface area contributed by atoms with Crippen LogP contribution in [-0.4, -0.2) is 23.9 Å². The average Bonchev–Trinajstić information content (AvgIpc) is 3.40. The normalized spacial score (nSPS) is 11.5. The largest absolute Gasteiger partial charge is 0.497 e. The second-order valence-electron chi connectivity index (χ2n) is 8.11. The molecule has 1 N–H and O–H groups in total. The number of amides is 2. The van der Waals surface area contributed by atoms with E-state index in [4.69, 9.17) is 4.74 Å². The van der Waals surface area contributed by atoms with E-state index in [1.165, 1.54) is 11.3 Å². The molecule has 0 saturated carbocycles. The molecule has 35 heavy (non-hydrogen) atoms. The van der Waals surface area contributed by atoms with Gasteiger partial charge in [0.25, 0.3) is 0 Å². The number of hydrogen-bond donors (Lipinski definition) is 1. The summed E-state index contributed by atoms with van der Waals surface area (Å²) in [4.78, 5) is 34.1. The van der Waals surface area contributed by atoms with Gasteiger partial charge in [0, 0.05) is 17.6 Å². The molecule has 0 aliphatic rings. The van der Waals surface area contributed by atoms with Gasteiger partial charge in [0.1, 0.15) is 11.8 Å². The van der Waals surface area contributed by atoms with E-state index in [-0.39, 0.29) is 18.2 Å². The van der Waals surface area contributed by atoms with Crippen LogP contribution in [0.5, 0.6) is 5.75 Å². The number of nitrogens with zero attached hydrogens (tertiary/aromatic N) is 2. The lowest BCUT2D eigenvalue weighted by atomic mass is 10.0. The number of methoxy groups -OCH3 is 1. The van der Waals surface area contributed by atoms with Crippen LogP contribution in [0.2, 0.25) is 0 Å². The van der Waals surface area contributed by atoms with Crippen molar-refractivity contribution in [2.24, 2.45) is 0 Å². The van der Waals surface area contributed by atoms with Crippen LogP contribution in [0.1, 0.15) is 27.6 Å². The minimum absolute atomic E-state index is 0.175. The van der Waals surface area contributed by atoms with Gasteiger partial charge in [-0.1, -0.05) is 48.0 Å². The van der Waals surface area contributed by atoms with Gasteiger partial charge in [-0.15, -0.1) is 11.3 Å². The minimum atomic E-state index is -0.856. The number of nitrogens with one attached hydrogen (secondary N) is 1. The fourth-order valence-electron chi connectivity index (χ4n) is 3.78. The summed E-state index contributed by atoms with van der Waals surface area (Å²) in [5, 5.41) is 4.96. The van der Waals surface area contributed by atoms with Gasteiger partial charge < -0.3 is 10.1 Å². The standard InChI is InChI=1S/C28H27N3O3S/c1-20-7-11-22(12-8-20)27(28(33)30-18-21-9-13-24(34-2)14-10-21)31(23-5-3-15-29-19-23)26(32)17-25-6-4-16-35-25/h3-16,19,27H,17-18H2,1-2H3,(H,30,33)/t27-/m1/s1. The minimum Gasteiger partial charge on any atom is -0.497 e. The number of pyridine rings is 1. The third kappa shape index (κ3) is 6.13. The first-order chi connectivity index (χ1) is 17.0. The molecule has 4 aromatic rings. The summed E-state index contributed by atoms with van der Waals surface area (Å²) < 4.78 is 5.21. The zero-order chi connectivity index (χ0) is 24.6. The fourth-order valence-corrected chi connectivity index (χ4v) is 4.47. The van der Waals surface area contributed by atoms with Crippen LogP contribution in [0, 0.1) is 6.92 Å². The molecule has 4 rings (SSSR count). The topological polar surface area (TPSA) is 71.5 Å². The van der Waals surface area contributed by atoms with Crippen molar-refractivity contribution in [3.63, 3.8) is 0 Å². The number of rotatable bonds is 9. The molecule has 0 spiro atoms. The van der Waals surface area contributed by atoms with Gasteiger partial charge in [-0.2, -0.15) is 0 Å². The lowest BCUT2D eigenvalue weighted by Crippen LogP contribution is -2.44. The molecular formula is C28H27N3O3S. The van der Waals surface area contributed by atoms with Crippen molar-refractivity contribution in [2.45, 2.75) is 25.9 Å². The lowest BCUT2D eigenvalue weighted by Gasteiger charge is -2.31. The Hall–Kier alpha value is -3.97. The van der Waals surface area contributed by atoms with E-state index < -0.39 is 6.04 Å². The molecule has 6 nitrogen and oxygen atoms in total. The van der Waals surface area contributed by atoms with E-state index in [0.717, 1.165) is 27.3 Å². The van der Waals surface area contributed by atoms with Crippen molar-refractivity contribution in [1.82, 2.24) is 10.3 Å². The number of thiophene rings is 1. The average molecular weight is 486 g/mol. The second kappa shape index (κ2) is 11.4. The second-order valence-corrected chi connectivity index (χ2v) is 9.14. The van der Waals surface area contributed by atoms with Crippen LogP contribution < -0.4 is 15.0 Å². The molecule has 7 heteroatoms. The Balaban J connectivity index is 1.67. The number of benzene rings is 2. The first-order valence-electron chi connectivity index (χ1n) is 11.3. The van der Waals surface area contributed by atoms with Crippen LogP contribution in [0.4, 0.5) is 5.69 Å². The highest BCUT2D eigenvalue weighted by atomic mass is 32.1. The number of aryl methyl sites for hydroxylation is 1. The molecule has 0 unspecified atom stereocenters. The van der Waals surface area contributed by atoms with Crippen molar-refractivity contribution < 1.29 is 14.3 Å². The summed E-state index contributed by atoms with van der Waals surface area (Å²) in [5.41, 5.74) is 3.30. The van der Waals surface area contributed by atoms with Gasteiger partial charge in [0.15, 0.2) is 0 Å². The molecule has 2 aromatic heterocycles. The Kier molecular flexibility index (Phi) is 7.90. The Labute approximate surface area is 209 Å². The van der Waals surface area contributed by atoms with Gasteiger partial charge in [-0.3, -0.25) is 19.5 Å². The summed E-state index contributed by atoms with van der Waals surface area (Å²) in [7, 11) is 1.61. The monoisotopic (exact) mass is 485 g/mol. The van der Waals surface area contributed by atoms with Crippen molar-refractivity contribution in [3.05, 3.63) is 112 Å². The predicted octanol–water partition coefficient (Wildman–Crippen LogP) is 5.09. The van der Waals surface area contributed by atoms with Crippen LogP contribution in [0.3, 0.4) is 0 Å². The summed E-state index contributed by atoms with van der Waals surface area (Å²) in [6, 6.07) is 21.8. The van der Waals surface area contributed by atoms with Gasteiger partial charge in [0.2, 0.25) is 11.8 Å². The summed E-state index contributed by atoms with van der Waals surface area (Å²) in [5.74, 6) is 0.304. The van der Waals surface area contributed by atoms with Crippen LogP contribution in [0.25, 0.3) is 0 Å². The van der Waals surface area contributed by atoms with Crippen LogP contribution in [0.15, 0.2) is 90.6 Å². The Bertz CT molecular complexity index is 1240. The maximum Gasteiger partial charge on any atom is 0.248 e. The summed E-state index contributed by atoms with van der Waals surface area (Å²) in [6.07, 6.45) is 3.46. The number of hydrogen-bond acceptors (Lipinski definition) is 5. The molecule has 2 aromatic carbocycles. The molecule has 0 aliphatic heterocycles. The summed E-state index contributed by atoms with van der Waals surface area (Å²) in [6.45, 7) is 2.31. The zero-order valence-electron chi connectivity index (χ0n) is 19.7. The zero-order valence-corrected chi connectivity index (χ0v) is 20.5. The van der Waals surface area contributed by atoms with Crippen molar-refractivity contribution >= 4 is 28.8 Å². The van der Waals surface area contributed by atoms with E-state index in [0.29, 0.717) is 12.2 Å². The molecular weight excluding hydrogens is 458 g/mol. The van der Waals surface area contributed by atoms with Gasteiger partial charge >= 0.3 is 0 Å². The van der Waals surface area contributed by atoms with Gasteiger partial charge in [0.05, 0.1) is 25.4 Å². The Morgan fingerprint density at radius 3 is 2.43 bits per heavy atom. The van der Waals surface area contributed by atoms with E-state index in [2.05, 4.69) is 10.3 Å². The molecule has 0 bridgehead atoms. The molecule has 2 heterocycles. The molecule has 178 valence electrons. The van der Waals surface area contributed by atoms with E-state index in [1.54, 1.807) is 36.5 Å². The third-order valence-corrected chi connectivity index (χ3v) is 6.50. The predicted molar refractivity (Wildman–Crippen MR) is 139 cm³/mol. The number of carbonyl (C=O) groups excluding carboxylic acids is 2. The number of ether oxygens (including phenoxy) is 1. The molecule has 0 radical (unpaired) electrons. The van der Waals surface area contributed by atoms with E-state index in [1.807, 2.05) is 73.0 Å². The molecule has 2 amide bonds. The van der Waals surface area contributed by atoms with E-state index in [9.17, 15) is 9.59 Å².